The fourth-order valence-corrected chi connectivity index (χ4v) is 7.87. The van der Waals surface area contributed by atoms with Gasteiger partial charge in [0.2, 0.25) is 11.8 Å². The van der Waals surface area contributed by atoms with Gasteiger partial charge in [-0.25, -0.2) is 26.8 Å². The Hall–Kier alpha value is -3.42. The van der Waals surface area contributed by atoms with Crippen LogP contribution in [0.5, 0.6) is 0 Å². The maximum atomic E-state index is 12.4. The van der Waals surface area contributed by atoms with Crippen molar-refractivity contribution in [1.29, 1.82) is 0 Å². The summed E-state index contributed by atoms with van der Waals surface area (Å²) in [5, 5.41) is 6.28. The number of rotatable bonds is 8. The summed E-state index contributed by atoms with van der Waals surface area (Å²) in [4.78, 5) is 33.2. The van der Waals surface area contributed by atoms with E-state index < -0.39 is 51.5 Å². The molecule has 13 heteroatoms. The molecule has 232 valence electrons. The van der Waals surface area contributed by atoms with Gasteiger partial charge in [-0.1, -0.05) is 47.7 Å². The minimum atomic E-state index is -3.58. The van der Waals surface area contributed by atoms with E-state index in [1.807, 2.05) is 48.5 Å². The van der Waals surface area contributed by atoms with Crippen LogP contribution in [0.15, 0.2) is 60.8 Å². The number of amides is 2. The number of hydrogen-bond acceptors (Lipinski definition) is 9. The van der Waals surface area contributed by atoms with Crippen molar-refractivity contribution < 1.29 is 26.4 Å². The van der Waals surface area contributed by atoms with Crippen molar-refractivity contribution in [1.82, 2.24) is 9.97 Å². The molecule has 4 rings (SSSR count). The van der Waals surface area contributed by atoms with E-state index in [1.165, 1.54) is 39.0 Å². The summed E-state index contributed by atoms with van der Waals surface area (Å²) in [7, 11) is -7.14. The maximum absolute atomic E-state index is 12.4. The summed E-state index contributed by atoms with van der Waals surface area (Å²) in [6, 6.07) is 16.8. The van der Waals surface area contributed by atoms with Gasteiger partial charge in [-0.05, 0) is 79.0 Å². The summed E-state index contributed by atoms with van der Waals surface area (Å²) in [5.74, 6) is -0.796. The van der Waals surface area contributed by atoms with Crippen LogP contribution in [0, 0.1) is 0 Å². The van der Waals surface area contributed by atoms with Gasteiger partial charge in [0.1, 0.15) is 15.3 Å². The molecule has 0 unspecified atom stereocenters. The minimum absolute atomic E-state index is 0.343. The van der Waals surface area contributed by atoms with Crippen LogP contribution < -0.4 is 10.6 Å². The normalized spacial score (nSPS) is 12.7. The second kappa shape index (κ2) is 12.7. The molecule has 2 aromatic carbocycles. The van der Waals surface area contributed by atoms with E-state index in [0.717, 1.165) is 21.0 Å². The van der Waals surface area contributed by atoms with E-state index in [9.17, 15) is 26.4 Å². The Bertz CT molecular complexity index is 1830. The number of nitrogens with zero attached hydrogens (tertiary/aromatic N) is 2. The molecule has 2 heterocycles. The van der Waals surface area contributed by atoms with E-state index in [1.54, 1.807) is 40.0 Å². The molecule has 10 nitrogen and oxygen atoms in total. The highest BCUT2D eigenvalue weighted by Crippen LogP contribution is 2.29. The van der Waals surface area contributed by atoms with Crippen molar-refractivity contribution in [2.24, 2.45) is 0 Å². The van der Waals surface area contributed by atoms with Crippen molar-refractivity contribution in [3.63, 3.8) is 0 Å². The number of anilines is 2. The Labute approximate surface area is 257 Å². The molecule has 0 aliphatic heterocycles. The van der Waals surface area contributed by atoms with Crippen LogP contribution in [-0.4, -0.2) is 58.6 Å². The van der Waals surface area contributed by atoms with Crippen LogP contribution in [-0.2, 0) is 29.3 Å². The molecule has 0 saturated carbocycles. The highest BCUT2D eigenvalue weighted by Gasteiger charge is 2.44. The number of aromatic nitrogens is 2. The zero-order chi connectivity index (χ0) is 32.4. The van der Waals surface area contributed by atoms with Crippen LogP contribution in [0.2, 0.25) is 0 Å². The Morgan fingerprint density at radius 2 is 1.23 bits per heavy atom. The van der Waals surface area contributed by atoms with Gasteiger partial charge in [-0.15, -0.1) is 0 Å². The van der Waals surface area contributed by atoms with E-state index in [-0.39, 0.29) is 0 Å². The Kier molecular flexibility index (Phi) is 10.0. The first kappa shape index (κ1) is 34.1. The number of para-hydroxylation sites is 1. The van der Waals surface area contributed by atoms with Crippen LogP contribution in [0.3, 0.4) is 0 Å². The van der Waals surface area contributed by atoms with E-state index in [4.69, 9.17) is 0 Å². The van der Waals surface area contributed by atoms with Gasteiger partial charge >= 0.3 is 0 Å². The zero-order valence-electron chi connectivity index (χ0n) is 25.5. The smallest absolute Gasteiger partial charge is 0.247 e. The van der Waals surface area contributed by atoms with E-state index >= 15 is 0 Å². The number of carbonyl (C=O) groups is 2. The number of fused-ring (bicyclic) bond motifs is 2. The standard InChI is InChI=1S/C16H20N2O3S.C14H18N2O3S2/c1-11(2)22(20,21)16(3,4)15(19)18-14-9-12-7-5-6-8-13(12)10-17-14;1-9(2)21(18,19)14(3,4)12(17)16-13-15-10-7-5-6-8-11(10)20-13/h5-11H,1-4H3,(H,17,18,19);5-9H,1-4H3,(H,15,16,17). The van der Waals surface area contributed by atoms with Crippen LogP contribution in [0.25, 0.3) is 21.0 Å². The summed E-state index contributed by atoms with van der Waals surface area (Å²) in [6.45, 7) is 12.0. The molecule has 0 aliphatic rings. The van der Waals surface area contributed by atoms with Crippen LogP contribution in [0.1, 0.15) is 55.4 Å². The Morgan fingerprint density at radius 3 is 1.77 bits per heavy atom. The zero-order valence-corrected chi connectivity index (χ0v) is 27.9. The summed E-state index contributed by atoms with van der Waals surface area (Å²) in [5.41, 5.74) is 0.780. The summed E-state index contributed by atoms with van der Waals surface area (Å²) in [6.07, 6.45) is 1.65. The second-order valence-electron chi connectivity index (χ2n) is 11.5. The molecule has 0 spiro atoms. The molecule has 0 saturated heterocycles. The fraction of sp³-hybridized carbons (Fsp3) is 0.400. The highest BCUT2D eigenvalue weighted by atomic mass is 32.2. The molecule has 2 N–H and O–H groups in total. The summed E-state index contributed by atoms with van der Waals surface area (Å²) >= 11 is 1.32. The second-order valence-corrected chi connectivity index (χ2v) is 18.7. The lowest BCUT2D eigenvalue weighted by Gasteiger charge is -2.25. The van der Waals surface area contributed by atoms with Gasteiger partial charge in [-0.3, -0.25) is 9.59 Å². The molecular weight excluding hydrogens is 609 g/mol. The first-order valence-corrected chi connectivity index (χ1v) is 17.5. The quantitative estimate of drug-likeness (QED) is 0.251. The maximum Gasteiger partial charge on any atom is 0.247 e. The number of nitrogens with one attached hydrogen (secondary N) is 2. The van der Waals surface area contributed by atoms with Crippen molar-refractivity contribution in [2.45, 2.75) is 75.4 Å². The third kappa shape index (κ3) is 7.05. The number of benzene rings is 2. The molecule has 2 aromatic heterocycles. The predicted molar refractivity (Wildman–Crippen MR) is 175 cm³/mol. The van der Waals surface area contributed by atoms with Gasteiger partial charge in [0.05, 0.1) is 20.7 Å². The van der Waals surface area contributed by atoms with Gasteiger partial charge in [0.25, 0.3) is 0 Å². The predicted octanol–water partition coefficient (Wildman–Crippen LogP) is 5.61. The van der Waals surface area contributed by atoms with E-state index in [0.29, 0.717) is 10.9 Å². The van der Waals surface area contributed by atoms with Crippen LogP contribution >= 0.6 is 11.3 Å². The highest BCUT2D eigenvalue weighted by molar-refractivity contribution is 7.94. The molecule has 43 heavy (non-hydrogen) atoms. The van der Waals surface area contributed by atoms with Gasteiger partial charge < -0.3 is 10.6 Å². The molecule has 0 atom stereocenters. The third-order valence-corrected chi connectivity index (χ3v) is 13.8. The lowest BCUT2D eigenvalue weighted by molar-refractivity contribution is -0.118. The lowest BCUT2D eigenvalue weighted by atomic mass is 10.1. The van der Waals surface area contributed by atoms with Gasteiger partial charge in [-0.2, -0.15) is 0 Å². The fourth-order valence-electron chi connectivity index (χ4n) is 4.03. The van der Waals surface area contributed by atoms with Gasteiger partial charge in [0.15, 0.2) is 24.8 Å². The van der Waals surface area contributed by atoms with Crippen molar-refractivity contribution in [3.8, 4) is 0 Å². The molecule has 0 radical (unpaired) electrons. The van der Waals surface area contributed by atoms with E-state index in [2.05, 4.69) is 20.6 Å². The molecule has 0 fully saturated rings. The number of thiazole rings is 1. The first-order chi connectivity index (χ1) is 19.8. The molecule has 4 aromatic rings. The number of hydrogen-bond donors (Lipinski definition) is 2. The SMILES string of the molecule is CC(C)S(=O)(=O)C(C)(C)C(=O)Nc1cc2ccccc2cn1.CC(C)S(=O)(=O)C(C)(C)C(=O)Nc1nc2ccccc2s1. The lowest BCUT2D eigenvalue weighted by Crippen LogP contribution is -2.47. The molecular formula is C30H38N4O6S3. The molecule has 0 aliphatic carbocycles. The van der Waals surface area contributed by atoms with Crippen molar-refractivity contribution in [2.75, 3.05) is 10.6 Å². The first-order valence-electron chi connectivity index (χ1n) is 13.6. The topological polar surface area (TPSA) is 152 Å². The van der Waals surface area contributed by atoms with Crippen LogP contribution in [0.4, 0.5) is 10.9 Å². The third-order valence-electron chi connectivity index (χ3n) is 7.14. The number of carbonyl (C=O) groups excluding carboxylic acids is 2. The van der Waals surface area contributed by atoms with Crippen molar-refractivity contribution >= 4 is 74.8 Å². The largest absolute Gasteiger partial charge is 0.309 e. The number of sulfone groups is 2. The van der Waals surface area contributed by atoms with Crippen molar-refractivity contribution in [3.05, 3.63) is 60.8 Å². The Morgan fingerprint density at radius 1 is 0.744 bits per heavy atom. The molecule has 2 amide bonds. The average Bonchev–Trinajstić information content (AvgIpc) is 3.35. The number of pyridine rings is 1. The molecule has 0 bridgehead atoms. The summed E-state index contributed by atoms with van der Waals surface area (Å²) < 4.78 is 47.1. The average molecular weight is 647 g/mol. The monoisotopic (exact) mass is 646 g/mol. The minimum Gasteiger partial charge on any atom is -0.309 e. The Balaban J connectivity index is 0.000000236. The van der Waals surface area contributed by atoms with Gasteiger partial charge in [0, 0.05) is 11.6 Å².